The summed E-state index contributed by atoms with van der Waals surface area (Å²) in [5.41, 5.74) is 5.71. The molecule has 1 aromatic carbocycles. The highest BCUT2D eigenvalue weighted by molar-refractivity contribution is 5.43. The minimum atomic E-state index is 0.401. The smallest absolute Gasteiger partial charge is 0.00997 e. The van der Waals surface area contributed by atoms with Gasteiger partial charge in [-0.2, -0.15) is 0 Å². The van der Waals surface area contributed by atoms with E-state index in [-0.39, 0.29) is 0 Å². The zero-order valence-electron chi connectivity index (χ0n) is 15.4. The van der Waals surface area contributed by atoms with Crippen molar-refractivity contribution in [2.45, 2.75) is 86.0 Å². The summed E-state index contributed by atoms with van der Waals surface area (Å²) in [5.74, 6) is 1.92. The fraction of sp³-hybridized carbons (Fsp3) is 0.714. The summed E-state index contributed by atoms with van der Waals surface area (Å²) in [7, 11) is 0. The first-order chi connectivity index (χ1) is 9.55. The van der Waals surface area contributed by atoms with Crippen LogP contribution in [0.3, 0.4) is 0 Å². The summed E-state index contributed by atoms with van der Waals surface area (Å²) in [6.45, 7) is 19.2. The molecule has 0 aromatic heterocycles. The predicted molar refractivity (Wildman–Crippen MR) is 94.2 cm³/mol. The Bertz CT molecular complexity index is 477. The van der Waals surface area contributed by atoms with Crippen LogP contribution in [-0.2, 0) is 0 Å². The Morgan fingerprint density at radius 1 is 0.905 bits per heavy atom. The summed E-state index contributed by atoms with van der Waals surface area (Å²) in [4.78, 5) is 0. The SMILES string of the molecule is CC(C)c1cccc(C(C)C)c1[C@@H]1CC(C)(C)CC1(C)C. The molecule has 1 atom stereocenters. The number of rotatable bonds is 3. The lowest BCUT2D eigenvalue weighted by atomic mass is 9.72. The van der Waals surface area contributed by atoms with Gasteiger partial charge in [-0.05, 0) is 58.1 Å². The molecular formula is C21H34. The van der Waals surface area contributed by atoms with Gasteiger partial charge in [-0.3, -0.25) is 0 Å². The Hall–Kier alpha value is -0.780. The third kappa shape index (κ3) is 3.20. The van der Waals surface area contributed by atoms with Crippen molar-refractivity contribution in [1.82, 2.24) is 0 Å². The monoisotopic (exact) mass is 286 g/mol. The Morgan fingerprint density at radius 3 is 1.71 bits per heavy atom. The van der Waals surface area contributed by atoms with E-state index < -0.39 is 0 Å². The van der Waals surface area contributed by atoms with E-state index in [1.54, 1.807) is 16.7 Å². The highest BCUT2D eigenvalue weighted by Gasteiger charge is 2.46. The van der Waals surface area contributed by atoms with Crippen LogP contribution in [-0.4, -0.2) is 0 Å². The second kappa shape index (κ2) is 5.45. The van der Waals surface area contributed by atoms with Crippen LogP contribution in [0.4, 0.5) is 0 Å². The fourth-order valence-electron chi connectivity index (χ4n) is 4.76. The average molecular weight is 287 g/mol. The van der Waals surface area contributed by atoms with Crippen molar-refractivity contribution in [3.05, 3.63) is 34.9 Å². The fourth-order valence-corrected chi connectivity index (χ4v) is 4.76. The minimum Gasteiger partial charge on any atom is -0.0617 e. The number of hydrogen-bond donors (Lipinski definition) is 0. The molecular weight excluding hydrogens is 252 g/mol. The first-order valence-corrected chi connectivity index (χ1v) is 8.68. The number of benzene rings is 1. The molecule has 0 saturated heterocycles. The van der Waals surface area contributed by atoms with Crippen molar-refractivity contribution < 1.29 is 0 Å². The zero-order valence-corrected chi connectivity index (χ0v) is 15.4. The topological polar surface area (TPSA) is 0 Å². The molecule has 0 heteroatoms. The van der Waals surface area contributed by atoms with E-state index in [1.165, 1.54) is 12.8 Å². The first-order valence-electron chi connectivity index (χ1n) is 8.68. The van der Waals surface area contributed by atoms with Crippen LogP contribution < -0.4 is 0 Å². The lowest BCUT2D eigenvalue weighted by Crippen LogP contribution is -2.19. The molecule has 1 saturated carbocycles. The maximum atomic E-state index is 2.48. The highest BCUT2D eigenvalue weighted by atomic mass is 14.5. The second-order valence-electron chi connectivity index (χ2n) is 9.25. The van der Waals surface area contributed by atoms with Crippen molar-refractivity contribution in [2.75, 3.05) is 0 Å². The number of hydrogen-bond acceptors (Lipinski definition) is 0. The summed E-state index contributed by atoms with van der Waals surface area (Å²) in [5, 5.41) is 0. The van der Waals surface area contributed by atoms with Gasteiger partial charge in [0.25, 0.3) is 0 Å². The third-order valence-corrected chi connectivity index (χ3v) is 5.40. The van der Waals surface area contributed by atoms with Crippen LogP contribution in [0.5, 0.6) is 0 Å². The molecule has 1 fully saturated rings. The van der Waals surface area contributed by atoms with Crippen molar-refractivity contribution in [3.8, 4) is 0 Å². The third-order valence-electron chi connectivity index (χ3n) is 5.40. The van der Waals surface area contributed by atoms with Crippen LogP contribution in [0.15, 0.2) is 18.2 Å². The Morgan fingerprint density at radius 2 is 1.38 bits per heavy atom. The van der Waals surface area contributed by atoms with E-state index >= 15 is 0 Å². The molecule has 0 heterocycles. The Labute approximate surface area is 132 Å². The average Bonchev–Trinajstić information content (AvgIpc) is 2.55. The van der Waals surface area contributed by atoms with E-state index in [9.17, 15) is 0 Å². The van der Waals surface area contributed by atoms with Gasteiger partial charge in [-0.25, -0.2) is 0 Å². The van der Waals surface area contributed by atoms with Crippen molar-refractivity contribution in [2.24, 2.45) is 10.8 Å². The molecule has 118 valence electrons. The van der Waals surface area contributed by atoms with Crippen molar-refractivity contribution in [1.29, 1.82) is 0 Å². The maximum absolute atomic E-state index is 2.48. The van der Waals surface area contributed by atoms with Gasteiger partial charge in [0.2, 0.25) is 0 Å². The van der Waals surface area contributed by atoms with Gasteiger partial charge < -0.3 is 0 Å². The molecule has 0 nitrogen and oxygen atoms in total. The normalized spacial score (nSPS) is 24.0. The van der Waals surface area contributed by atoms with Gasteiger partial charge in [-0.1, -0.05) is 73.6 Å². The quantitative estimate of drug-likeness (QED) is 0.569. The van der Waals surface area contributed by atoms with Gasteiger partial charge in [0.15, 0.2) is 0 Å². The second-order valence-corrected chi connectivity index (χ2v) is 9.25. The van der Waals surface area contributed by atoms with Crippen LogP contribution in [0.25, 0.3) is 0 Å². The zero-order chi connectivity index (χ0) is 16.0. The highest BCUT2D eigenvalue weighted by Crippen LogP contribution is 2.58. The van der Waals surface area contributed by atoms with Crippen molar-refractivity contribution in [3.63, 3.8) is 0 Å². The molecule has 1 aliphatic rings. The van der Waals surface area contributed by atoms with E-state index in [0.717, 1.165) is 0 Å². The van der Waals surface area contributed by atoms with Crippen LogP contribution in [0.2, 0.25) is 0 Å². The van der Waals surface area contributed by atoms with Gasteiger partial charge in [-0.15, -0.1) is 0 Å². The molecule has 0 N–H and O–H groups in total. The Balaban J connectivity index is 2.61. The predicted octanol–water partition coefficient (Wildman–Crippen LogP) is 6.86. The van der Waals surface area contributed by atoms with E-state index in [1.807, 2.05) is 0 Å². The Kier molecular flexibility index (Phi) is 4.30. The minimum absolute atomic E-state index is 0.401. The molecule has 0 bridgehead atoms. The van der Waals surface area contributed by atoms with Gasteiger partial charge in [0.05, 0.1) is 0 Å². The maximum Gasteiger partial charge on any atom is -0.00997 e. The van der Waals surface area contributed by atoms with E-state index in [2.05, 4.69) is 73.6 Å². The molecule has 0 unspecified atom stereocenters. The molecule has 0 amide bonds. The molecule has 0 spiro atoms. The standard InChI is InChI=1S/C21H34/c1-14(2)16-10-9-11-17(15(3)4)19(16)18-12-20(5,6)13-21(18,7)8/h9-11,14-15,18H,12-13H2,1-8H3/t18-/m0/s1. The lowest BCUT2D eigenvalue weighted by molar-refractivity contribution is 0.291. The van der Waals surface area contributed by atoms with Gasteiger partial charge in [0, 0.05) is 0 Å². The molecule has 1 aromatic rings. The summed E-state index contributed by atoms with van der Waals surface area (Å²) in [6, 6.07) is 7.00. The first kappa shape index (κ1) is 16.6. The van der Waals surface area contributed by atoms with Gasteiger partial charge in [0.1, 0.15) is 0 Å². The molecule has 1 aliphatic carbocycles. The lowest BCUT2D eigenvalue weighted by Gasteiger charge is -2.33. The molecule has 2 rings (SSSR count). The molecule has 0 aliphatic heterocycles. The summed E-state index contributed by atoms with van der Waals surface area (Å²) in [6.07, 6.45) is 2.65. The van der Waals surface area contributed by atoms with Crippen LogP contribution in [0.1, 0.15) is 103 Å². The largest absolute Gasteiger partial charge is 0.0617 e. The van der Waals surface area contributed by atoms with Crippen LogP contribution in [0, 0.1) is 10.8 Å². The summed E-state index contributed by atoms with van der Waals surface area (Å²) < 4.78 is 0. The van der Waals surface area contributed by atoms with E-state index in [4.69, 9.17) is 0 Å². The molecule has 0 radical (unpaired) electrons. The molecule has 21 heavy (non-hydrogen) atoms. The van der Waals surface area contributed by atoms with Crippen molar-refractivity contribution >= 4 is 0 Å². The summed E-state index contributed by atoms with van der Waals surface area (Å²) >= 11 is 0. The van der Waals surface area contributed by atoms with Gasteiger partial charge >= 0.3 is 0 Å². The van der Waals surface area contributed by atoms with E-state index in [0.29, 0.717) is 28.6 Å². The van der Waals surface area contributed by atoms with Crippen LogP contribution >= 0.6 is 0 Å².